The van der Waals surface area contributed by atoms with Crippen molar-refractivity contribution in [2.24, 2.45) is 0 Å². The van der Waals surface area contributed by atoms with Gasteiger partial charge in [0.15, 0.2) is 0 Å². The highest BCUT2D eigenvalue weighted by Gasteiger charge is 2.12. The first-order chi connectivity index (χ1) is 10.0. The fourth-order valence-corrected chi connectivity index (χ4v) is 1.71. The number of rotatable bonds is 9. The van der Waals surface area contributed by atoms with Crippen molar-refractivity contribution in [3.8, 4) is 0 Å². The molecule has 0 aliphatic heterocycles. The smallest absolute Gasteiger partial charge is 0.341 e. The zero-order chi connectivity index (χ0) is 15.7. The minimum absolute atomic E-state index is 0.277. The minimum Gasteiger partial charge on any atom is -0.462 e. The molecule has 118 valence electrons. The predicted octanol–water partition coefficient (Wildman–Crippen LogP) is 2.58. The molecular weight excluding hydrogens is 270 g/mol. The lowest BCUT2D eigenvalue weighted by Crippen LogP contribution is -2.12. The van der Waals surface area contributed by atoms with Crippen molar-refractivity contribution in [1.29, 1.82) is 0 Å². The number of nitrogens with one attached hydrogen (secondary N) is 1. The highest BCUT2D eigenvalue weighted by molar-refractivity contribution is 5.90. The third-order valence-corrected chi connectivity index (χ3v) is 2.78. The minimum atomic E-state index is -0.382. The number of carbonyl (C=O) groups is 1. The molecule has 0 saturated heterocycles. The summed E-state index contributed by atoms with van der Waals surface area (Å²) in [5.74, 6) is 0.151. The first-order valence-electron chi connectivity index (χ1n) is 7.40. The third kappa shape index (κ3) is 6.53. The lowest BCUT2D eigenvalue weighted by atomic mass is 10.2. The second kappa shape index (κ2) is 9.28. The van der Waals surface area contributed by atoms with Gasteiger partial charge in [-0.25, -0.2) is 14.8 Å². The number of aromatic nitrogens is 2. The Kier molecular flexibility index (Phi) is 7.68. The molecule has 1 N–H and O–H groups in total. The average Bonchev–Trinajstić information content (AvgIpc) is 2.42. The van der Waals surface area contributed by atoms with Crippen molar-refractivity contribution in [1.82, 2.24) is 9.97 Å². The van der Waals surface area contributed by atoms with Gasteiger partial charge in [0, 0.05) is 19.3 Å². The van der Waals surface area contributed by atoms with Gasteiger partial charge in [-0.05, 0) is 40.5 Å². The molecule has 21 heavy (non-hydrogen) atoms. The molecule has 0 saturated carbocycles. The number of esters is 1. The molecule has 0 spiro atoms. The summed E-state index contributed by atoms with van der Waals surface area (Å²) in [7, 11) is 0. The van der Waals surface area contributed by atoms with Crippen LogP contribution in [0.15, 0.2) is 6.20 Å². The number of carbonyl (C=O) groups excluding carboxylic acids is 1. The molecule has 1 aromatic rings. The van der Waals surface area contributed by atoms with Crippen molar-refractivity contribution in [2.45, 2.75) is 46.6 Å². The summed E-state index contributed by atoms with van der Waals surface area (Å²) in [6.07, 6.45) is 3.75. The maximum Gasteiger partial charge on any atom is 0.341 e. The van der Waals surface area contributed by atoms with Crippen LogP contribution in [-0.4, -0.2) is 41.8 Å². The Morgan fingerprint density at radius 3 is 2.76 bits per heavy atom. The number of nitrogens with zero attached hydrogens (tertiary/aromatic N) is 2. The summed E-state index contributed by atoms with van der Waals surface area (Å²) in [5.41, 5.74) is 1.03. The van der Waals surface area contributed by atoms with E-state index in [2.05, 4.69) is 15.3 Å². The first-order valence-corrected chi connectivity index (χ1v) is 7.40. The maximum absolute atomic E-state index is 11.6. The Labute approximate surface area is 126 Å². The summed E-state index contributed by atoms with van der Waals surface area (Å²) in [4.78, 5) is 20.0. The first kappa shape index (κ1) is 17.4. The van der Waals surface area contributed by atoms with Gasteiger partial charge in [-0.2, -0.15) is 0 Å². The van der Waals surface area contributed by atoms with Gasteiger partial charge in [0.25, 0.3) is 0 Å². The number of hydrogen-bond acceptors (Lipinski definition) is 6. The zero-order valence-electron chi connectivity index (χ0n) is 13.3. The maximum atomic E-state index is 11.6. The van der Waals surface area contributed by atoms with Crippen LogP contribution in [-0.2, 0) is 9.47 Å². The summed E-state index contributed by atoms with van der Waals surface area (Å²) in [6, 6.07) is 0. The van der Waals surface area contributed by atoms with Gasteiger partial charge in [0.05, 0.1) is 24.0 Å². The number of anilines is 1. The molecule has 1 aromatic heterocycles. The fraction of sp³-hybridized carbons (Fsp3) is 0.667. The second-order valence-electron chi connectivity index (χ2n) is 4.97. The number of aryl methyl sites for hydroxylation is 1. The van der Waals surface area contributed by atoms with Gasteiger partial charge in [0.1, 0.15) is 0 Å². The third-order valence-electron chi connectivity index (χ3n) is 2.78. The SMILES string of the molecule is CCOC(=O)c1cnc(NCCCCOC(C)C)nc1C. The molecule has 6 nitrogen and oxygen atoms in total. The molecular formula is C15H25N3O3. The molecule has 0 aliphatic rings. The lowest BCUT2D eigenvalue weighted by molar-refractivity contribution is 0.0524. The topological polar surface area (TPSA) is 73.3 Å². The summed E-state index contributed by atoms with van der Waals surface area (Å²) < 4.78 is 10.4. The van der Waals surface area contributed by atoms with Crippen LogP contribution < -0.4 is 5.32 Å². The van der Waals surface area contributed by atoms with E-state index >= 15 is 0 Å². The van der Waals surface area contributed by atoms with E-state index < -0.39 is 0 Å². The standard InChI is InChI=1S/C15H25N3O3/c1-5-20-14(19)13-10-17-15(18-12(13)4)16-8-6-7-9-21-11(2)3/h10-11H,5-9H2,1-4H3,(H,16,17,18). The Morgan fingerprint density at radius 1 is 1.38 bits per heavy atom. The number of unbranched alkanes of at least 4 members (excludes halogenated alkanes) is 1. The molecule has 1 heterocycles. The van der Waals surface area contributed by atoms with Gasteiger partial charge in [-0.3, -0.25) is 0 Å². The van der Waals surface area contributed by atoms with Crippen molar-refractivity contribution < 1.29 is 14.3 Å². The Hall–Kier alpha value is -1.69. The Balaban J connectivity index is 2.37. The Morgan fingerprint density at radius 2 is 2.14 bits per heavy atom. The molecule has 6 heteroatoms. The number of ether oxygens (including phenoxy) is 2. The van der Waals surface area contributed by atoms with E-state index in [0.29, 0.717) is 23.8 Å². The van der Waals surface area contributed by atoms with Crippen LogP contribution in [0.1, 0.15) is 49.7 Å². The van der Waals surface area contributed by atoms with E-state index in [-0.39, 0.29) is 12.1 Å². The average molecular weight is 295 g/mol. The monoisotopic (exact) mass is 295 g/mol. The number of hydrogen-bond donors (Lipinski definition) is 1. The highest BCUT2D eigenvalue weighted by atomic mass is 16.5. The van der Waals surface area contributed by atoms with Crippen LogP contribution in [0.25, 0.3) is 0 Å². The highest BCUT2D eigenvalue weighted by Crippen LogP contribution is 2.09. The van der Waals surface area contributed by atoms with Gasteiger partial charge in [-0.1, -0.05) is 0 Å². The molecule has 0 radical (unpaired) electrons. The molecule has 0 atom stereocenters. The molecule has 0 unspecified atom stereocenters. The van der Waals surface area contributed by atoms with E-state index in [0.717, 1.165) is 26.0 Å². The molecule has 0 amide bonds. The van der Waals surface area contributed by atoms with E-state index in [4.69, 9.17) is 9.47 Å². The van der Waals surface area contributed by atoms with E-state index in [1.165, 1.54) is 6.20 Å². The van der Waals surface area contributed by atoms with Crippen LogP contribution >= 0.6 is 0 Å². The van der Waals surface area contributed by atoms with Gasteiger partial charge in [-0.15, -0.1) is 0 Å². The van der Waals surface area contributed by atoms with Gasteiger partial charge in [0.2, 0.25) is 5.95 Å². The molecule has 0 aromatic carbocycles. The molecule has 0 bridgehead atoms. The summed E-state index contributed by atoms with van der Waals surface area (Å²) in [6.45, 7) is 9.49. The largest absolute Gasteiger partial charge is 0.462 e. The fourth-order valence-electron chi connectivity index (χ4n) is 1.71. The van der Waals surface area contributed by atoms with Crippen LogP contribution in [0.5, 0.6) is 0 Å². The lowest BCUT2D eigenvalue weighted by Gasteiger charge is -2.09. The van der Waals surface area contributed by atoms with E-state index in [9.17, 15) is 4.79 Å². The molecule has 0 aliphatic carbocycles. The van der Waals surface area contributed by atoms with Gasteiger partial charge < -0.3 is 14.8 Å². The van der Waals surface area contributed by atoms with Crippen molar-refractivity contribution in [3.63, 3.8) is 0 Å². The second-order valence-corrected chi connectivity index (χ2v) is 4.97. The quantitative estimate of drug-likeness (QED) is 0.557. The van der Waals surface area contributed by atoms with Crippen molar-refractivity contribution in [3.05, 3.63) is 17.5 Å². The molecule has 0 fully saturated rings. The van der Waals surface area contributed by atoms with Gasteiger partial charge >= 0.3 is 5.97 Å². The van der Waals surface area contributed by atoms with Crippen molar-refractivity contribution >= 4 is 11.9 Å². The summed E-state index contributed by atoms with van der Waals surface area (Å²) >= 11 is 0. The predicted molar refractivity (Wildman–Crippen MR) is 81.5 cm³/mol. The van der Waals surface area contributed by atoms with Crippen LogP contribution in [0.4, 0.5) is 5.95 Å². The zero-order valence-corrected chi connectivity index (χ0v) is 13.3. The molecule has 1 rings (SSSR count). The van der Waals surface area contributed by atoms with Crippen LogP contribution in [0.3, 0.4) is 0 Å². The van der Waals surface area contributed by atoms with E-state index in [1.54, 1.807) is 13.8 Å². The van der Waals surface area contributed by atoms with E-state index in [1.807, 2.05) is 13.8 Å². The van der Waals surface area contributed by atoms with Crippen LogP contribution in [0, 0.1) is 6.92 Å². The van der Waals surface area contributed by atoms with Crippen molar-refractivity contribution in [2.75, 3.05) is 25.1 Å². The summed E-state index contributed by atoms with van der Waals surface area (Å²) in [5, 5.41) is 3.14. The Bertz CT molecular complexity index is 450. The normalized spacial score (nSPS) is 10.7. The van der Waals surface area contributed by atoms with Crippen LogP contribution in [0.2, 0.25) is 0 Å².